The van der Waals surface area contributed by atoms with E-state index in [1.807, 2.05) is 0 Å². The highest BCUT2D eigenvalue weighted by molar-refractivity contribution is 5.92. The number of anilines is 2. The fraction of sp³-hybridized carbons (Fsp3) is 0.158. The molecule has 0 saturated carbocycles. The number of carbonyl (C=O) groups is 2. The minimum absolute atomic E-state index is 0.0589. The maximum absolute atomic E-state index is 12.2. The Kier molecular flexibility index (Phi) is 5.16. The van der Waals surface area contributed by atoms with Crippen LogP contribution in [-0.4, -0.2) is 21.4 Å². The summed E-state index contributed by atoms with van der Waals surface area (Å²) in [7, 11) is 0. The quantitative estimate of drug-likeness (QED) is 0.637. The number of benzene rings is 2. The number of carbonyl (C=O) groups excluding carboxylic acids is 2. The van der Waals surface area contributed by atoms with Gasteiger partial charge in [-0.3, -0.25) is 23.9 Å². The van der Waals surface area contributed by atoms with Crippen LogP contribution >= 0.6 is 0 Å². The number of aryl methyl sites for hydroxylation is 1. The summed E-state index contributed by atoms with van der Waals surface area (Å²) in [5.74, 6) is -0.449. The van der Waals surface area contributed by atoms with Crippen molar-refractivity contribution >= 4 is 34.1 Å². The molecule has 2 aromatic carbocycles. The summed E-state index contributed by atoms with van der Waals surface area (Å²) in [6.45, 7) is 1.55. The van der Waals surface area contributed by atoms with E-state index in [2.05, 4.69) is 15.6 Å². The summed E-state index contributed by atoms with van der Waals surface area (Å²) in [6, 6.07) is 13.4. The monoisotopic (exact) mass is 366 g/mol. The summed E-state index contributed by atoms with van der Waals surface area (Å²) in [5, 5.41) is 5.77. The number of nitrogens with one attached hydrogen (secondary N) is 3. The molecule has 0 unspecified atom stereocenters. The molecule has 0 bridgehead atoms. The summed E-state index contributed by atoms with van der Waals surface area (Å²) in [6.07, 6.45) is 0.0589. The standard InChI is InChI=1S/C19H18N4O4/c1-12(24)20-13-6-8-14(9-7-13)21-17(25)10-11-23-16-5-3-2-4-15(16)18(26)22-19(23)27/h2-9H,10-11H2,1H3,(H,20,24)(H,21,25)(H,22,26,27). The van der Waals surface area contributed by atoms with Crippen molar-refractivity contribution in [1.82, 2.24) is 9.55 Å². The summed E-state index contributed by atoms with van der Waals surface area (Å²) < 4.78 is 1.37. The zero-order chi connectivity index (χ0) is 19.4. The Morgan fingerprint density at radius 3 is 2.26 bits per heavy atom. The Morgan fingerprint density at radius 2 is 1.59 bits per heavy atom. The van der Waals surface area contributed by atoms with Crippen LogP contribution in [0.1, 0.15) is 13.3 Å². The first-order valence-corrected chi connectivity index (χ1v) is 8.33. The second kappa shape index (κ2) is 7.69. The molecule has 0 spiro atoms. The molecule has 3 aromatic rings. The van der Waals surface area contributed by atoms with E-state index in [0.717, 1.165) is 0 Å². The zero-order valence-corrected chi connectivity index (χ0v) is 14.6. The molecule has 0 fully saturated rings. The molecule has 8 heteroatoms. The highest BCUT2D eigenvalue weighted by Crippen LogP contribution is 2.14. The number of para-hydroxylation sites is 1. The van der Waals surface area contributed by atoms with Crippen molar-refractivity contribution in [3.63, 3.8) is 0 Å². The number of aromatic nitrogens is 2. The van der Waals surface area contributed by atoms with Crippen LogP contribution in [0.25, 0.3) is 10.9 Å². The first kappa shape index (κ1) is 18.1. The number of fused-ring (bicyclic) bond motifs is 1. The molecule has 0 radical (unpaired) electrons. The number of aromatic amines is 1. The van der Waals surface area contributed by atoms with Crippen molar-refractivity contribution in [3.05, 3.63) is 69.4 Å². The van der Waals surface area contributed by atoms with Gasteiger partial charge in [-0.05, 0) is 36.4 Å². The van der Waals surface area contributed by atoms with Gasteiger partial charge in [-0.2, -0.15) is 0 Å². The Balaban J connectivity index is 1.70. The highest BCUT2D eigenvalue weighted by Gasteiger charge is 2.09. The molecule has 0 atom stereocenters. The van der Waals surface area contributed by atoms with Crippen LogP contribution in [0.4, 0.5) is 11.4 Å². The molecular weight excluding hydrogens is 348 g/mol. The van der Waals surface area contributed by atoms with Crippen molar-refractivity contribution in [3.8, 4) is 0 Å². The van der Waals surface area contributed by atoms with E-state index in [9.17, 15) is 19.2 Å². The number of hydrogen-bond donors (Lipinski definition) is 3. The van der Waals surface area contributed by atoms with Gasteiger partial charge in [0.25, 0.3) is 5.56 Å². The molecule has 8 nitrogen and oxygen atoms in total. The van der Waals surface area contributed by atoms with Gasteiger partial charge >= 0.3 is 5.69 Å². The lowest BCUT2D eigenvalue weighted by Gasteiger charge is -2.10. The molecule has 0 aliphatic rings. The van der Waals surface area contributed by atoms with Crippen LogP contribution in [0.2, 0.25) is 0 Å². The second-order valence-corrected chi connectivity index (χ2v) is 5.98. The van der Waals surface area contributed by atoms with Gasteiger partial charge in [0.2, 0.25) is 11.8 Å². The molecule has 1 aromatic heterocycles. The van der Waals surface area contributed by atoms with Gasteiger partial charge in [0, 0.05) is 31.3 Å². The van der Waals surface area contributed by atoms with Crippen LogP contribution in [0.5, 0.6) is 0 Å². The molecule has 27 heavy (non-hydrogen) atoms. The fourth-order valence-corrected chi connectivity index (χ4v) is 2.74. The zero-order valence-electron chi connectivity index (χ0n) is 14.6. The minimum atomic E-state index is -0.550. The van der Waals surface area contributed by atoms with E-state index >= 15 is 0 Å². The predicted molar refractivity (Wildman–Crippen MR) is 103 cm³/mol. The molecule has 0 aliphatic heterocycles. The lowest BCUT2D eigenvalue weighted by Crippen LogP contribution is -2.31. The molecular formula is C19H18N4O4. The summed E-state index contributed by atoms with van der Waals surface area (Å²) in [4.78, 5) is 49.4. The van der Waals surface area contributed by atoms with Gasteiger partial charge in [0.15, 0.2) is 0 Å². The third-order valence-electron chi connectivity index (χ3n) is 3.96. The van der Waals surface area contributed by atoms with Gasteiger partial charge in [0.1, 0.15) is 0 Å². The Bertz CT molecular complexity index is 1110. The van der Waals surface area contributed by atoms with Crippen LogP contribution in [0.3, 0.4) is 0 Å². The van der Waals surface area contributed by atoms with Crippen molar-refractivity contribution in [2.24, 2.45) is 0 Å². The molecule has 0 aliphatic carbocycles. The van der Waals surface area contributed by atoms with Crippen molar-refractivity contribution in [2.75, 3.05) is 10.6 Å². The first-order chi connectivity index (χ1) is 12.9. The van der Waals surface area contributed by atoms with Crippen LogP contribution in [-0.2, 0) is 16.1 Å². The largest absolute Gasteiger partial charge is 0.328 e. The fourth-order valence-electron chi connectivity index (χ4n) is 2.74. The first-order valence-electron chi connectivity index (χ1n) is 8.33. The highest BCUT2D eigenvalue weighted by atomic mass is 16.2. The number of amides is 2. The van der Waals surface area contributed by atoms with Gasteiger partial charge in [0.05, 0.1) is 10.9 Å². The van der Waals surface area contributed by atoms with Gasteiger partial charge in [-0.1, -0.05) is 12.1 Å². The van der Waals surface area contributed by atoms with E-state index in [-0.39, 0.29) is 24.8 Å². The maximum atomic E-state index is 12.2. The predicted octanol–water partition coefficient (Wildman–Crippen LogP) is 1.68. The minimum Gasteiger partial charge on any atom is -0.326 e. The van der Waals surface area contributed by atoms with E-state index in [1.54, 1.807) is 48.5 Å². The molecule has 138 valence electrons. The van der Waals surface area contributed by atoms with Gasteiger partial charge < -0.3 is 10.6 Å². The smallest absolute Gasteiger partial charge is 0.326 e. The third-order valence-corrected chi connectivity index (χ3v) is 3.96. The topological polar surface area (TPSA) is 113 Å². The van der Waals surface area contributed by atoms with Crippen molar-refractivity contribution in [2.45, 2.75) is 19.9 Å². The Hall–Kier alpha value is -3.68. The average Bonchev–Trinajstić information content (AvgIpc) is 2.63. The van der Waals surface area contributed by atoms with Crippen LogP contribution < -0.4 is 21.9 Å². The lowest BCUT2D eigenvalue weighted by atomic mass is 10.2. The summed E-state index contributed by atoms with van der Waals surface area (Å²) >= 11 is 0. The number of rotatable bonds is 5. The van der Waals surface area contributed by atoms with Crippen molar-refractivity contribution in [1.29, 1.82) is 0 Å². The van der Waals surface area contributed by atoms with E-state index in [4.69, 9.17) is 0 Å². The van der Waals surface area contributed by atoms with E-state index < -0.39 is 11.2 Å². The SMILES string of the molecule is CC(=O)Nc1ccc(NC(=O)CCn2c(=O)[nH]c(=O)c3ccccc32)cc1. The normalized spacial score (nSPS) is 10.6. The number of H-pyrrole nitrogens is 1. The molecule has 1 heterocycles. The molecule has 0 saturated heterocycles. The number of hydrogen-bond acceptors (Lipinski definition) is 4. The Labute approximate surface area is 153 Å². The lowest BCUT2D eigenvalue weighted by molar-refractivity contribution is -0.116. The summed E-state index contributed by atoms with van der Waals surface area (Å²) in [5.41, 5.74) is 0.694. The Morgan fingerprint density at radius 1 is 0.963 bits per heavy atom. The average molecular weight is 366 g/mol. The van der Waals surface area contributed by atoms with Crippen molar-refractivity contribution < 1.29 is 9.59 Å². The second-order valence-electron chi connectivity index (χ2n) is 5.98. The van der Waals surface area contributed by atoms with E-state index in [1.165, 1.54) is 11.5 Å². The van der Waals surface area contributed by atoms with Gasteiger partial charge in [-0.25, -0.2) is 4.79 Å². The molecule has 3 N–H and O–H groups in total. The van der Waals surface area contributed by atoms with Crippen LogP contribution in [0, 0.1) is 0 Å². The number of nitrogens with zero attached hydrogens (tertiary/aromatic N) is 1. The maximum Gasteiger partial charge on any atom is 0.328 e. The van der Waals surface area contributed by atoms with E-state index in [0.29, 0.717) is 22.3 Å². The van der Waals surface area contributed by atoms with Crippen LogP contribution in [0.15, 0.2) is 58.1 Å². The van der Waals surface area contributed by atoms with Gasteiger partial charge in [-0.15, -0.1) is 0 Å². The molecule has 2 amide bonds. The third kappa shape index (κ3) is 4.30. The molecule has 3 rings (SSSR count).